The van der Waals surface area contributed by atoms with Crippen molar-refractivity contribution in [1.82, 2.24) is 4.90 Å². The van der Waals surface area contributed by atoms with Crippen LogP contribution in [0.3, 0.4) is 0 Å². The number of esters is 1. The summed E-state index contributed by atoms with van der Waals surface area (Å²) >= 11 is 0. The average Bonchev–Trinajstić information content (AvgIpc) is 2.58. The molecular weight excluding hydrogens is 230 g/mol. The Morgan fingerprint density at radius 1 is 1.33 bits per heavy atom. The fourth-order valence-corrected chi connectivity index (χ4v) is 1.93. The van der Waals surface area contributed by atoms with E-state index in [0.717, 1.165) is 5.56 Å². The first-order valence-corrected chi connectivity index (χ1v) is 5.78. The van der Waals surface area contributed by atoms with Crippen LogP contribution in [0, 0.1) is 0 Å². The molecule has 0 bridgehead atoms. The third-order valence-corrected chi connectivity index (χ3v) is 2.78. The highest BCUT2D eigenvalue weighted by atomic mass is 16.6. The van der Waals surface area contributed by atoms with Crippen LogP contribution >= 0.6 is 0 Å². The second kappa shape index (κ2) is 5.04. The maximum Gasteiger partial charge on any atom is 0.304 e. The van der Waals surface area contributed by atoms with Crippen molar-refractivity contribution in [2.24, 2.45) is 0 Å². The lowest BCUT2D eigenvalue weighted by molar-refractivity contribution is -0.155. The Labute approximate surface area is 106 Å². The molecule has 0 unspecified atom stereocenters. The minimum atomic E-state index is -0.588. The van der Waals surface area contributed by atoms with Crippen molar-refractivity contribution in [3.8, 4) is 0 Å². The molecule has 0 fully saturated rings. The van der Waals surface area contributed by atoms with E-state index in [-0.39, 0.29) is 5.91 Å². The van der Waals surface area contributed by atoms with Gasteiger partial charge in [0.1, 0.15) is 0 Å². The molecule has 1 amide bonds. The Hall–Kier alpha value is -2.10. The van der Waals surface area contributed by atoms with Gasteiger partial charge in [-0.05, 0) is 18.6 Å². The number of ether oxygens (including phenoxy) is 1. The zero-order chi connectivity index (χ0) is 13.1. The van der Waals surface area contributed by atoms with Gasteiger partial charge < -0.3 is 4.74 Å². The molecule has 1 aliphatic rings. The molecule has 4 heteroatoms. The number of nitrogens with zero attached hydrogens (tertiary/aromatic N) is 1. The fourth-order valence-electron chi connectivity index (χ4n) is 1.93. The molecule has 1 atom stereocenters. The Morgan fingerprint density at radius 2 is 2.00 bits per heavy atom. The second-order valence-corrected chi connectivity index (χ2v) is 4.27. The summed E-state index contributed by atoms with van der Waals surface area (Å²) in [7, 11) is 0. The molecule has 94 valence electrons. The highest BCUT2D eigenvalue weighted by molar-refractivity contribution is 5.95. The van der Waals surface area contributed by atoms with E-state index in [1.165, 1.54) is 6.92 Å². The van der Waals surface area contributed by atoms with E-state index in [9.17, 15) is 9.59 Å². The highest BCUT2D eigenvalue weighted by Gasteiger charge is 2.31. The molecule has 18 heavy (non-hydrogen) atoms. The van der Waals surface area contributed by atoms with Gasteiger partial charge in [0.05, 0.1) is 0 Å². The molecule has 0 N–H and O–H groups in total. The van der Waals surface area contributed by atoms with Crippen molar-refractivity contribution in [1.29, 1.82) is 0 Å². The van der Waals surface area contributed by atoms with Crippen molar-refractivity contribution in [2.75, 3.05) is 0 Å². The first-order chi connectivity index (χ1) is 8.58. The van der Waals surface area contributed by atoms with Gasteiger partial charge in [-0.3, -0.25) is 14.5 Å². The van der Waals surface area contributed by atoms with Crippen LogP contribution in [-0.4, -0.2) is 23.0 Å². The molecule has 1 heterocycles. The van der Waals surface area contributed by atoms with E-state index in [4.69, 9.17) is 4.74 Å². The predicted octanol–water partition coefficient (Wildman–Crippen LogP) is 1.86. The van der Waals surface area contributed by atoms with Gasteiger partial charge in [0.2, 0.25) is 0 Å². The minimum Gasteiger partial charge on any atom is -0.438 e. The van der Waals surface area contributed by atoms with Gasteiger partial charge >= 0.3 is 5.97 Å². The number of rotatable bonds is 3. The normalized spacial score (nSPS) is 18.8. The standard InChI is InChI=1S/C14H15NO3/c1-10-8-13(18-11(2)16)15(14(10)17)9-12-6-4-3-5-7-12/h3-8,13H,9H2,1-2H3/t13-/m1/s1. The lowest BCUT2D eigenvalue weighted by Crippen LogP contribution is -2.36. The van der Waals surface area contributed by atoms with Gasteiger partial charge in [-0.1, -0.05) is 30.3 Å². The van der Waals surface area contributed by atoms with E-state index in [2.05, 4.69) is 0 Å². The molecule has 2 rings (SSSR count). The third-order valence-electron chi connectivity index (χ3n) is 2.78. The van der Waals surface area contributed by atoms with Crippen LogP contribution in [0.4, 0.5) is 0 Å². The summed E-state index contributed by atoms with van der Waals surface area (Å²) in [6, 6.07) is 9.62. The Bertz CT molecular complexity index is 493. The lowest BCUT2D eigenvalue weighted by atomic mass is 10.2. The number of carbonyl (C=O) groups is 2. The molecule has 0 saturated heterocycles. The largest absolute Gasteiger partial charge is 0.438 e. The number of carbonyl (C=O) groups excluding carboxylic acids is 2. The molecule has 0 aliphatic carbocycles. The third kappa shape index (κ3) is 2.59. The summed E-state index contributed by atoms with van der Waals surface area (Å²) in [6.07, 6.45) is 1.09. The van der Waals surface area contributed by atoms with Crippen LogP contribution in [0.25, 0.3) is 0 Å². The monoisotopic (exact) mass is 245 g/mol. The molecule has 1 aromatic carbocycles. The number of hydrogen-bond acceptors (Lipinski definition) is 3. The van der Waals surface area contributed by atoms with Crippen molar-refractivity contribution >= 4 is 11.9 Å². The first kappa shape index (κ1) is 12.4. The van der Waals surface area contributed by atoms with Gasteiger partial charge in [0.25, 0.3) is 5.91 Å². The maximum atomic E-state index is 12.0. The van der Waals surface area contributed by atoms with Gasteiger partial charge in [0.15, 0.2) is 6.23 Å². The molecule has 1 aliphatic heterocycles. The van der Waals surface area contributed by atoms with E-state index < -0.39 is 12.2 Å². The van der Waals surface area contributed by atoms with Gasteiger partial charge in [-0.2, -0.15) is 0 Å². The lowest BCUT2D eigenvalue weighted by Gasteiger charge is -2.24. The summed E-state index contributed by atoms with van der Waals surface area (Å²) in [6.45, 7) is 3.50. The van der Waals surface area contributed by atoms with Crippen molar-refractivity contribution < 1.29 is 14.3 Å². The van der Waals surface area contributed by atoms with Crippen LogP contribution in [-0.2, 0) is 20.9 Å². The SMILES string of the molecule is CC(=O)O[C@@H]1C=C(C)C(=O)N1Cc1ccccc1. The quantitative estimate of drug-likeness (QED) is 0.764. The molecule has 4 nitrogen and oxygen atoms in total. The van der Waals surface area contributed by atoms with E-state index >= 15 is 0 Å². The molecule has 0 spiro atoms. The summed E-state index contributed by atoms with van der Waals surface area (Å²) < 4.78 is 5.13. The van der Waals surface area contributed by atoms with Crippen molar-refractivity contribution in [2.45, 2.75) is 26.6 Å². The average molecular weight is 245 g/mol. The first-order valence-electron chi connectivity index (χ1n) is 5.78. The van der Waals surface area contributed by atoms with Crippen LogP contribution in [0.15, 0.2) is 42.0 Å². The summed E-state index contributed by atoms with van der Waals surface area (Å²) in [4.78, 5) is 24.5. The highest BCUT2D eigenvalue weighted by Crippen LogP contribution is 2.21. The van der Waals surface area contributed by atoms with Crippen molar-refractivity contribution in [3.05, 3.63) is 47.5 Å². The molecule has 0 aromatic heterocycles. The van der Waals surface area contributed by atoms with Crippen molar-refractivity contribution in [3.63, 3.8) is 0 Å². The summed E-state index contributed by atoms with van der Waals surface area (Å²) in [5.41, 5.74) is 1.61. The Kier molecular flexibility index (Phi) is 3.46. The number of hydrogen-bond donors (Lipinski definition) is 0. The van der Waals surface area contributed by atoms with E-state index in [1.807, 2.05) is 30.3 Å². The van der Waals surface area contributed by atoms with Gasteiger partial charge in [-0.15, -0.1) is 0 Å². The molecule has 0 saturated carbocycles. The fraction of sp³-hybridized carbons (Fsp3) is 0.286. The maximum absolute atomic E-state index is 12.0. The minimum absolute atomic E-state index is 0.0925. The molecule has 1 aromatic rings. The van der Waals surface area contributed by atoms with Gasteiger partial charge in [-0.25, -0.2) is 0 Å². The van der Waals surface area contributed by atoms with E-state index in [0.29, 0.717) is 12.1 Å². The van der Waals surface area contributed by atoms with Crippen LogP contribution in [0.1, 0.15) is 19.4 Å². The zero-order valence-electron chi connectivity index (χ0n) is 10.4. The van der Waals surface area contributed by atoms with E-state index in [1.54, 1.807) is 17.9 Å². The topological polar surface area (TPSA) is 46.6 Å². The van der Waals surface area contributed by atoms with Crippen LogP contribution < -0.4 is 0 Å². The Morgan fingerprint density at radius 3 is 2.61 bits per heavy atom. The predicted molar refractivity (Wildman–Crippen MR) is 66.3 cm³/mol. The zero-order valence-corrected chi connectivity index (χ0v) is 10.4. The van der Waals surface area contributed by atoms with Gasteiger partial charge in [0, 0.05) is 19.0 Å². The number of amides is 1. The summed E-state index contributed by atoms with van der Waals surface area (Å²) in [5.74, 6) is -0.484. The Balaban J connectivity index is 2.15. The number of benzene rings is 1. The smallest absolute Gasteiger partial charge is 0.304 e. The molecular formula is C14H15NO3. The van der Waals surface area contributed by atoms with Crippen LogP contribution in [0.2, 0.25) is 0 Å². The van der Waals surface area contributed by atoms with Crippen LogP contribution in [0.5, 0.6) is 0 Å². The second-order valence-electron chi connectivity index (χ2n) is 4.27. The molecule has 0 radical (unpaired) electrons. The summed E-state index contributed by atoms with van der Waals surface area (Å²) in [5, 5.41) is 0.